The molecule has 2 aliphatic rings. The van der Waals surface area contributed by atoms with Crippen LogP contribution < -0.4 is 0 Å². The molecular formula is C16H20ClNO2. The second kappa shape index (κ2) is 4.47. The van der Waals surface area contributed by atoms with Crippen molar-refractivity contribution in [1.29, 1.82) is 0 Å². The fourth-order valence-electron chi connectivity index (χ4n) is 3.11. The van der Waals surface area contributed by atoms with E-state index in [1.165, 1.54) is 0 Å². The van der Waals surface area contributed by atoms with Crippen molar-refractivity contribution in [3.8, 4) is 0 Å². The van der Waals surface area contributed by atoms with Gasteiger partial charge >= 0.3 is 0 Å². The lowest BCUT2D eigenvalue weighted by Gasteiger charge is -2.24. The maximum atomic E-state index is 12.8. The molecule has 0 unspecified atom stereocenters. The highest BCUT2D eigenvalue weighted by molar-refractivity contribution is 6.30. The van der Waals surface area contributed by atoms with Gasteiger partial charge in [0.1, 0.15) is 0 Å². The molecule has 0 aromatic heterocycles. The molecule has 4 heteroatoms. The van der Waals surface area contributed by atoms with Crippen molar-refractivity contribution in [3.63, 3.8) is 0 Å². The van der Waals surface area contributed by atoms with E-state index >= 15 is 0 Å². The highest BCUT2D eigenvalue weighted by Gasteiger charge is 2.55. The van der Waals surface area contributed by atoms with Crippen molar-refractivity contribution < 1.29 is 9.90 Å². The topological polar surface area (TPSA) is 40.5 Å². The predicted molar refractivity (Wildman–Crippen MR) is 78.7 cm³/mol. The number of halogens is 1. The summed E-state index contributed by atoms with van der Waals surface area (Å²) in [4.78, 5) is 14.7. The number of carbonyl (C=O) groups excluding carboxylic acids is 1. The van der Waals surface area contributed by atoms with Gasteiger partial charge in [-0.05, 0) is 37.5 Å². The van der Waals surface area contributed by atoms with Crippen LogP contribution >= 0.6 is 11.6 Å². The fraction of sp³-hybridized carbons (Fsp3) is 0.562. The minimum absolute atomic E-state index is 0.118. The van der Waals surface area contributed by atoms with E-state index in [-0.39, 0.29) is 17.2 Å². The van der Waals surface area contributed by atoms with E-state index in [0.717, 1.165) is 18.4 Å². The van der Waals surface area contributed by atoms with Crippen LogP contribution in [0.5, 0.6) is 0 Å². The Bertz CT molecular complexity index is 534. The first-order valence-electron chi connectivity index (χ1n) is 7.13. The molecule has 20 heavy (non-hydrogen) atoms. The molecule has 3 rings (SSSR count). The van der Waals surface area contributed by atoms with Crippen LogP contribution in [-0.4, -0.2) is 34.6 Å². The number of aliphatic hydroxyl groups is 1. The molecule has 1 aromatic rings. The van der Waals surface area contributed by atoms with Crippen LogP contribution in [0.2, 0.25) is 5.02 Å². The van der Waals surface area contributed by atoms with E-state index in [2.05, 4.69) is 0 Å². The number of likely N-dealkylation sites (tertiary alicyclic amines) is 1. The van der Waals surface area contributed by atoms with Crippen LogP contribution in [0.3, 0.4) is 0 Å². The van der Waals surface area contributed by atoms with Crippen molar-refractivity contribution in [1.82, 2.24) is 4.90 Å². The average molecular weight is 294 g/mol. The Balaban J connectivity index is 1.83. The van der Waals surface area contributed by atoms with Crippen molar-refractivity contribution in [2.24, 2.45) is 5.92 Å². The highest BCUT2D eigenvalue weighted by atomic mass is 35.5. The summed E-state index contributed by atoms with van der Waals surface area (Å²) in [5.74, 6) is 0.275. The molecular weight excluding hydrogens is 274 g/mol. The largest absolute Gasteiger partial charge is 0.388 e. The standard InChI is InChI=1S/C16H20ClNO2/c1-11-9-18(10-15(11,2)20)14(19)16(7-8-16)12-3-5-13(17)6-4-12/h3-6,11,20H,7-10H2,1-2H3/t11-,15+/m0/s1. The van der Waals surface area contributed by atoms with Gasteiger partial charge in [0.15, 0.2) is 0 Å². The molecule has 1 aliphatic heterocycles. The molecule has 1 saturated carbocycles. The zero-order valence-corrected chi connectivity index (χ0v) is 12.7. The minimum Gasteiger partial charge on any atom is -0.388 e. The molecule has 0 bridgehead atoms. The van der Waals surface area contributed by atoms with Gasteiger partial charge in [-0.3, -0.25) is 4.79 Å². The maximum absolute atomic E-state index is 12.8. The lowest BCUT2D eigenvalue weighted by atomic mass is 9.94. The van der Waals surface area contributed by atoms with Crippen LogP contribution in [0.15, 0.2) is 24.3 Å². The van der Waals surface area contributed by atoms with E-state index < -0.39 is 5.60 Å². The molecule has 1 N–H and O–H groups in total. The van der Waals surface area contributed by atoms with Gasteiger partial charge in [0, 0.05) is 24.0 Å². The van der Waals surface area contributed by atoms with Gasteiger partial charge in [0.25, 0.3) is 0 Å². The van der Waals surface area contributed by atoms with Gasteiger partial charge < -0.3 is 10.0 Å². The van der Waals surface area contributed by atoms with E-state index in [0.29, 0.717) is 18.1 Å². The zero-order chi connectivity index (χ0) is 14.5. The summed E-state index contributed by atoms with van der Waals surface area (Å²) < 4.78 is 0. The third-order valence-corrected chi connectivity index (χ3v) is 5.16. The summed E-state index contributed by atoms with van der Waals surface area (Å²) in [5.41, 5.74) is -0.0951. The zero-order valence-electron chi connectivity index (χ0n) is 11.9. The average Bonchev–Trinajstić information content (AvgIpc) is 3.14. The molecule has 1 aliphatic carbocycles. The molecule has 0 spiro atoms. The minimum atomic E-state index is -0.772. The molecule has 108 valence electrons. The van der Waals surface area contributed by atoms with Crippen LogP contribution in [0.25, 0.3) is 0 Å². The van der Waals surface area contributed by atoms with E-state index in [4.69, 9.17) is 11.6 Å². The normalized spacial score (nSPS) is 31.4. The molecule has 2 atom stereocenters. The first-order valence-corrected chi connectivity index (χ1v) is 7.51. The number of hydrogen-bond donors (Lipinski definition) is 1. The molecule has 1 saturated heterocycles. The summed E-state index contributed by atoms with van der Waals surface area (Å²) in [7, 11) is 0. The van der Waals surface area contributed by atoms with Crippen molar-refractivity contribution in [2.45, 2.75) is 37.7 Å². The van der Waals surface area contributed by atoms with Crippen LogP contribution in [0, 0.1) is 5.92 Å². The molecule has 1 heterocycles. The number of rotatable bonds is 2. The lowest BCUT2D eigenvalue weighted by Crippen LogP contribution is -2.40. The monoisotopic (exact) mass is 293 g/mol. The number of hydrogen-bond acceptors (Lipinski definition) is 2. The van der Waals surface area contributed by atoms with E-state index in [9.17, 15) is 9.90 Å². The highest BCUT2D eigenvalue weighted by Crippen LogP contribution is 2.50. The van der Waals surface area contributed by atoms with E-state index in [1.54, 1.807) is 0 Å². The summed E-state index contributed by atoms with van der Waals surface area (Å²) in [6.07, 6.45) is 1.78. The number of carbonyl (C=O) groups is 1. The van der Waals surface area contributed by atoms with Crippen molar-refractivity contribution >= 4 is 17.5 Å². The number of nitrogens with zero attached hydrogens (tertiary/aromatic N) is 1. The van der Waals surface area contributed by atoms with Gasteiger partial charge in [-0.15, -0.1) is 0 Å². The molecule has 1 aromatic carbocycles. The Morgan fingerprint density at radius 2 is 1.95 bits per heavy atom. The summed E-state index contributed by atoms with van der Waals surface area (Å²) in [5, 5.41) is 11.0. The number of benzene rings is 1. The fourth-order valence-corrected chi connectivity index (χ4v) is 3.24. The number of β-amino-alcohol motifs (C(OH)–C–C–N with tert-alkyl or cyclic N) is 1. The predicted octanol–water partition coefficient (Wildman–Crippen LogP) is 2.60. The Morgan fingerprint density at radius 1 is 1.35 bits per heavy atom. The summed E-state index contributed by atoms with van der Waals surface area (Å²) in [6, 6.07) is 7.58. The molecule has 0 radical (unpaired) electrons. The Kier molecular flexibility index (Phi) is 3.11. The summed E-state index contributed by atoms with van der Waals surface area (Å²) in [6.45, 7) is 4.88. The van der Waals surface area contributed by atoms with Crippen molar-refractivity contribution in [2.75, 3.05) is 13.1 Å². The first kappa shape index (κ1) is 13.9. The van der Waals surface area contributed by atoms with Gasteiger partial charge in [0.2, 0.25) is 5.91 Å². The van der Waals surface area contributed by atoms with Crippen LogP contribution in [0.1, 0.15) is 32.3 Å². The molecule has 2 fully saturated rings. The van der Waals surface area contributed by atoms with Crippen LogP contribution in [-0.2, 0) is 10.2 Å². The van der Waals surface area contributed by atoms with Gasteiger partial charge in [-0.2, -0.15) is 0 Å². The van der Waals surface area contributed by atoms with Gasteiger partial charge in [-0.1, -0.05) is 30.7 Å². The third-order valence-electron chi connectivity index (χ3n) is 4.91. The Labute approximate surface area is 124 Å². The third kappa shape index (κ3) is 2.13. The molecule has 3 nitrogen and oxygen atoms in total. The van der Waals surface area contributed by atoms with Gasteiger partial charge in [-0.25, -0.2) is 0 Å². The lowest BCUT2D eigenvalue weighted by molar-refractivity contribution is -0.133. The summed E-state index contributed by atoms with van der Waals surface area (Å²) >= 11 is 5.92. The quantitative estimate of drug-likeness (QED) is 0.910. The SMILES string of the molecule is C[C@H]1CN(C(=O)C2(c3ccc(Cl)cc3)CC2)C[C@@]1(C)O. The Morgan fingerprint density at radius 3 is 2.40 bits per heavy atom. The second-order valence-electron chi connectivity index (χ2n) is 6.53. The van der Waals surface area contributed by atoms with Gasteiger partial charge in [0.05, 0.1) is 11.0 Å². The van der Waals surface area contributed by atoms with Crippen LogP contribution in [0.4, 0.5) is 0 Å². The van der Waals surface area contributed by atoms with Crippen molar-refractivity contribution in [3.05, 3.63) is 34.9 Å². The Hall–Kier alpha value is -1.06. The van der Waals surface area contributed by atoms with E-state index in [1.807, 2.05) is 43.0 Å². The maximum Gasteiger partial charge on any atom is 0.233 e. The first-order chi connectivity index (χ1) is 9.35. The number of amides is 1. The molecule has 1 amide bonds. The second-order valence-corrected chi connectivity index (χ2v) is 6.97. The smallest absolute Gasteiger partial charge is 0.233 e.